The molecule has 1 saturated carbocycles. The zero-order valence-corrected chi connectivity index (χ0v) is 20.1. The van der Waals surface area contributed by atoms with Crippen LogP contribution in [0.3, 0.4) is 0 Å². The van der Waals surface area contributed by atoms with E-state index in [1.54, 1.807) is 13.8 Å². The van der Waals surface area contributed by atoms with Crippen LogP contribution in [0.5, 0.6) is 17.2 Å². The minimum Gasteiger partial charge on any atom is -0.507 e. The Labute approximate surface area is 196 Å². The van der Waals surface area contributed by atoms with Crippen molar-refractivity contribution < 1.29 is 34.8 Å². The summed E-state index contributed by atoms with van der Waals surface area (Å²) in [7, 11) is 0. The summed E-state index contributed by atoms with van der Waals surface area (Å²) in [5, 5.41) is 40.2. The highest BCUT2D eigenvalue weighted by molar-refractivity contribution is 5.73. The number of carboxylic acids is 1. The number of hydrogen-bond donors (Lipinski definition) is 4. The monoisotopic (exact) mass is 464 g/mol. The zero-order chi connectivity index (χ0) is 24.5. The van der Waals surface area contributed by atoms with Crippen LogP contribution in [0.25, 0.3) is 0 Å². The third kappa shape index (κ3) is 8.13. The Bertz CT molecular complexity index is 796. The van der Waals surface area contributed by atoms with E-state index in [0.29, 0.717) is 36.9 Å². The fourth-order valence-corrected chi connectivity index (χ4v) is 4.30. The lowest BCUT2D eigenvalue weighted by atomic mass is 9.87. The minimum absolute atomic E-state index is 0.0635. The van der Waals surface area contributed by atoms with Gasteiger partial charge < -0.3 is 25.2 Å². The molecule has 1 aromatic rings. The van der Waals surface area contributed by atoms with E-state index in [1.807, 2.05) is 0 Å². The number of carboxylic acid groups (broad SMARTS) is 1. The first-order valence-electron chi connectivity index (χ1n) is 12.2. The van der Waals surface area contributed by atoms with Gasteiger partial charge in [0.25, 0.3) is 6.47 Å². The number of aryl methyl sites for hydroxylation is 1. The smallest absolute Gasteiger partial charge is 0.309 e. The second-order valence-corrected chi connectivity index (χ2v) is 10.1. The lowest BCUT2D eigenvalue weighted by Gasteiger charge is -2.18. The molecule has 186 valence electrons. The van der Waals surface area contributed by atoms with Crippen LogP contribution >= 0.6 is 0 Å². The number of phenolic OH excluding ortho intramolecular Hbond substituents is 3. The molecule has 0 saturated heterocycles. The lowest BCUT2D eigenvalue weighted by molar-refractivity contribution is -0.147. The maximum atomic E-state index is 11.2. The van der Waals surface area contributed by atoms with Crippen molar-refractivity contribution in [3.63, 3.8) is 0 Å². The first kappa shape index (κ1) is 26.8. The van der Waals surface area contributed by atoms with E-state index in [-0.39, 0.29) is 22.8 Å². The van der Waals surface area contributed by atoms with E-state index in [1.165, 1.54) is 6.07 Å². The van der Waals surface area contributed by atoms with Gasteiger partial charge in [-0.2, -0.15) is 0 Å². The quantitative estimate of drug-likeness (QED) is 0.102. The van der Waals surface area contributed by atoms with Gasteiger partial charge in [-0.15, -0.1) is 0 Å². The normalized spacial score (nSPS) is 14.7. The van der Waals surface area contributed by atoms with E-state index in [2.05, 4.69) is 0 Å². The summed E-state index contributed by atoms with van der Waals surface area (Å²) < 4.78 is 5.16. The summed E-state index contributed by atoms with van der Waals surface area (Å²) in [4.78, 5) is 21.7. The Kier molecular flexibility index (Phi) is 9.87. The molecule has 2 rings (SSSR count). The molecular weight excluding hydrogens is 424 g/mol. The highest BCUT2D eigenvalue weighted by Crippen LogP contribution is 2.43. The van der Waals surface area contributed by atoms with Crippen LogP contribution in [-0.4, -0.2) is 38.5 Å². The van der Waals surface area contributed by atoms with Crippen LogP contribution < -0.4 is 0 Å². The molecule has 0 aromatic heterocycles. The number of rotatable bonds is 17. The molecule has 4 N–H and O–H groups in total. The van der Waals surface area contributed by atoms with Gasteiger partial charge in [0.2, 0.25) is 0 Å². The van der Waals surface area contributed by atoms with Crippen molar-refractivity contribution in [1.29, 1.82) is 0 Å². The molecule has 0 spiro atoms. The first-order valence-corrected chi connectivity index (χ1v) is 12.2. The Balaban J connectivity index is 1.74. The predicted molar refractivity (Wildman–Crippen MR) is 126 cm³/mol. The molecule has 1 aliphatic rings. The second kappa shape index (κ2) is 12.1. The van der Waals surface area contributed by atoms with Crippen LogP contribution in [0, 0.1) is 5.41 Å². The molecule has 7 heteroatoms. The summed E-state index contributed by atoms with van der Waals surface area (Å²) in [5.74, 6) is -1.19. The maximum absolute atomic E-state index is 11.2. The summed E-state index contributed by atoms with van der Waals surface area (Å²) in [6.45, 7) is 4.00. The molecule has 0 bridgehead atoms. The van der Waals surface area contributed by atoms with E-state index in [4.69, 9.17) is 9.84 Å². The van der Waals surface area contributed by atoms with Gasteiger partial charge in [-0.25, -0.2) is 0 Å². The number of benzene rings is 1. The average Bonchev–Trinajstić information content (AvgIpc) is 3.52. The van der Waals surface area contributed by atoms with Crippen molar-refractivity contribution in [3.8, 4) is 17.2 Å². The molecule has 0 radical (unpaired) electrons. The van der Waals surface area contributed by atoms with Crippen LogP contribution in [-0.2, 0) is 27.2 Å². The molecule has 0 heterocycles. The molecule has 0 amide bonds. The first-order chi connectivity index (χ1) is 15.6. The van der Waals surface area contributed by atoms with Crippen molar-refractivity contribution >= 4 is 12.4 Å². The number of ether oxygens (including phenoxy) is 1. The molecule has 1 aromatic carbocycles. The maximum Gasteiger partial charge on any atom is 0.309 e. The topological polar surface area (TPSA) is 124 Å². The van der Waals surface area contributed by atoms with E-state index < -0.39 is 11.4 Å². The number of carbonyl (C=O) groups is 2. The van der Waals surface area contributed by atoms with Gasteiger partial charge in [0.15, 0.2) is 11.5 Å². The Morgan fingerprint density at radius 2 is 1.58 bits per heavy atom. The van der Waals surface area contributed by atoms with Crippen LogP contribution in [0.15, 0.2) is 6.07 Å². The number of unbranched alkanes of at least 4 members (excludes halogenated alkanes) is 6. The Morgan fingerprint density at radius 1 is 0.970 bits per heavy atom. The second-order valence-electron chi connectivity index (χ2n) is 10.1. The van der Waals surface area contributed by atoms with Gasteiger partial charge >= 0.3 is 5.97 Å². The number of carbonyl (C=O) groups excluding carboxylic acids is 1. The molecule has 33 heavy (non-hydrogen) atoms. The molecule has 1 fully saturated rings. The van der Waals surface area contributed by atoms with Gasteiger partial charge in [-0.1, -0.05) is 32.1 Å². The third-order valence-electron chi connectivity index (χ3n) is 6.92. The van der Waals surface area contributed by atoms with Crippen molar-refractivity contribution in [1.82, 2.24) is 0 Å². The fourth-order valence-electron chi connectivity index (χ4n) is 4.30. The summed E-state index contributed by atoms with van der Waals surface area (Å²) in [5.41, 5.74) is 0.104. The van der Waals surface area contributed by atoms with Crippen LogP contribution in [0.2, 0.25) is 0 Å². The van der Waals surface area contributed by atoms with Gasteiger partial charge in [0.1, 0.15) is 11.4 Å². The van der Waals surface area contributed by atoms with Crippen molar-refractivity contribution in [2.75, 3.05) is 0 Å². The number of hydrogen-bond acceptors (Lipinski definition) is 6. The molecule has 1 aliphatic carbocycles. The fraction of sp³-hybridized carbons (Fsp3) is 0.692. The SMILES string of the molecule is CC(C)(CCCCCCc1c(O)c(O)cc(CCCCCCC2(OC=O)CC2)c1O)C(=O)O. The Hall–Kier alpha value is -2.44. The van der Waals surface area contributed by atoms with Gasteiger partial charge in [-0.05, 0) is 83.3 Å². The lowest BCUT2D eigenvalue weighted by Crippen LogP contribution is -2.23. The average molecular weight is 465 g/mol. The summed E-state index contributed by atoms with van der Waals surface area (Å²) >= 11 is 0. The van der Waals surface area contributed by atoms with E-state index in [0.717, 1.165) is 70.6 Å². The molecule has 0 aliphatic heterocycles. The molecule has 0 atom stereocenters. The molecule has 0 unspecified atom stereocenters. The standard InChI is InChI=1S/C26H40O7/c1-25(2,24(31)32)13-9-5-4-8-12-20-22(29)19(17-21(28)23(20)30)11-7-3-6-10-14-26(15-16-26)33-18-27/h17-18,28-30H,3-16H2,1-2H3,(H,31,32). The Morgan fingerprint density at radius 3 is 2.18 bits per heavy atom. The zero-order valence-electron chi connectivity index (χ0n) is 20.1. The van der Waals surface area contributed by atoms with Gasteiger partial charge in [0.05, 0.1) is 5.41 Å². The van der Waals surface area contributed by atoms with E-state index in [9.17, 15) is 24.9 Å². The summed E-state index contributed by atoms with van der Waals surface area (Å²) in [6.07, 6.45) is 11.6. The van der Waals surface area contributed by atoms with Crippen molar-refractivity contribution in [2.45, 2.75) is 109 Å². The van der Waals surface area contributed by atoms with Gasteiger partial charge in [0, 0.05) is 5.56 Å². The van der Waals surface area contributed by atoms with Gasteiger partial charge in [-0.3, -0.25) is 9.59 Å². The highest BCUT2D eigenvalue weighted by atomic mass is 16.5. The van der Waals surface area contributed by atoms with Crippen molar-refractivity contribution in [3.05, 3.63) is 17.2 Å². The number of phenols is 3. The van der Waals surface area contributed by atoms with Crippen LogP contribution in [0.1, 0.15) is 102 Å². The predicted octanol–water partition coefficient (Wildman–Crippen LogP) is 5.61. The number of aromatic hydroxyl groups is 3. The largest absolute Gasteiger partial charge is 0.507 e. The molecule has 7 nitrogen and oxygen atoms in total. The van der Waals surface area contributed by atoms with Crippen molar-refractivity contribution in [2.24, 2.45) is 5.41 Å². The minimum atomic E-state index is -0.789. The molecular formula is C26H40O7. The highest BCUT2D eigenvalue weighted by Gasteiger charge is 2.44. The van der Waals surface area contributed by atoms with Crippen LogP contribution in [0.4, 0.5) is 0 Å². The summed E-state index contributed by atoms with van der Waals surface area (Å²) in [6, 6.07) is 1.44. The van der Waals surface area contributed by atoms with E-state index >= 15 is 0 Å². The number of aliphatic carboxylic acids is 1. The third-order valence-corrected chi connectivity index (χ3v) is 6.92.